The van der Waals surface area contributed by atoms with Crippen LogP contribution in [0.5, 0.6) is 0 Å². The molecule has 0 bridgehead atoms. The summed E-state index contributed by atoms with van der Waals surface area (Å²) in [5.74, 6) is 0. The van der Waals surface area contributed by atoms with Crippen LogP contribution in [0.25, 0.3) is 0 Å². The molecule has 0 aromatic rings. The minimum absolute atomic E-state index is 0.248. The Morgan fingerprint density at radius 2 is 2.08 bits per heavy atom. The molecule has 68 valence electrons. The topological polar surface area (TPSA) is 69.9 Å². The molecule has 0 amide bonds. The van der Waals surface area contributed by atoms with Gasteiger partial charge in [0.1, 0.15) is 7.85 Å². The predicted octanol–water partition coefficient (Wildman–Crippen LogP) is -1.77. The number of hydrogen-bond donors (Lipinski definition) is 3. The quantitative estimate of drug-likeness (QED) is 0.431. The van der Waals surface area contributed by atoms with E-state index in [0.717, 1.165) is 0 Å². The summed E-state index contributed by atoms with van der Waals surface area (Å²) >= 11 is 0. The van der Waals surface area contributed by atoms with E-state index in [0.29, 0.717) is 0 Å². The van der Waals surface area contributed by atoms with Crippen molar-refractivity contribution in [2.45, 2.75) is 25.1 Å². The van der Waals surface area contributed by atoms with Crippen molar-refractivity contribution in [3.05, 3.63) is 0 Å². The second kappa shape index (κ2) is 3.34. The molecule has 12 heavy (non-hydrogen) atoms. The highest BCUT2D eigenvalue weighted by atomic mass is 16.5. The molecule has 3 N–H and O–H groups in total. The minimum atomic E-state index is -0.931. The average Bonchev–Trinajstić information content (AvgIpc) is 2.30. The molecule has 1 fully saturated rings. The molecule has 1 aliphatic rings. The lowest BCUT2D eigenvalue weighted by Crippen LogP contribution is -2.43. The fourth-order valence-corrected chi connectivity index (χ4v) is 1.43. The van der Waals surface area contributed by atoms with Crippen LogP contribution in [0.15, 0.2) is 0 Å². The van der Waals surface area contributed by atoms with Gasteiger partial charge < -0.3 is 20.1 Å². The molecule has 1 rings (SSSR count). The Morgan fingerprint density at radius 1 is 1.50 bits per heavy atom. The molecule has 4 atom stereocenters. The van der Waals surface area contributed by atoms with E-state index >= 15 is 0 Å². The van der Waals surface area contributed by atoms with E-state index < -0.39 is 23.6 Å². The van der Waals surface area contributed by atoms with Gasteiger partial charge in [0.05, 0.1) is 25.4 Å². The van der Waals surface area contributed by atoms with Gasteiger partial charge in [-0.1, -0.05) is 6.92 Å². The van der Waals surface area contributed by atoms with E-state index in [9.17, 15) is 5.11 Å². The van der Waals surface area contributed by atoms with E-state index in [2.05, 4.69) is 0 Å². The maximum absolute atomic E-state index is 9.50. The first-order valence-corrected chi connectivity index (χ1v) is 3.87. The zero-order valence-corrected chi connectivity index (χ0v) is 6.97. The molecule has 2 radical (unpaired) electrons. The highest BCUT2D eigenvalue weighted by molar-refractivity contribution is 6.11. The Morgan fingerprint density at radius 3 is 2.42 bits per heavy atom. The molecular weight excluding hydrogens is 159 g/mol. The molecule has 0 aliphatic carbocycles. The molecule has 1 saturated heterocycles. The Labute approximate surface area is 72.6 Å². The summed E-state index contributed by atoms with van der Waals surface area (Å²) in [7, 11) is 5.40. The summed E-state index contributed by atoms with van der Waals surface area (Å²) in [4.78, 5) is 0. The van der Waals surface area contributed by atoms with Crippen LogP contribution >= 0.6 is 0 Å². The molecule has 1 aliphatic heterocycles. The summed E-state index contributed by atoms with van der Waals surface area (Å²) < 4.78 is 5.05. The standard InChI is InChI=1S/C7H13BO4/c1-7(3-10)4(2-9)12-6(8)5(7)11/h4-6,9-11H,2-3H2,1H3/t4?,5-,6?,7-/m0/s1. The van der Waals surface area contributed by atoms with Crippen LogP contribution in [0.1, 0.15) is 6.92 Å². The van der Waals surface area contributed by atoms with Gasteiger partial charge in [-0.05, 0) is 0 Å². The van der Waals surface area contributed by atoms with Crippen molar-refractivity contribution in [1.29, 1.82) is 0 Å². The van der Waals surface area contributed by atoms with Crippen molar-refractivity contribution >= 4 is 7.85 Å². The summed E-state index contributed by atoms with van der Waals surface area (Å²) in [6, 6.07) is -0.820. The van der Waals surface area contributed by atoms with Gasteiger partial charge in [-0.25, -0.2) is 0 Å². The summed E-state index contributed by atoms with van der Waals surface area (Å²) in [5.41, 5.74) is -0.853. The SMILES string of the molecule is [B]C1OC(CO)[C@](C)(CO)[C@H]1O. The fourth-order valence-electron chi connectivity index (χ4n) is 1.43. The third kappa shape index (κ3) is 1.27. The Balaban J connectivity index is 2.80. The van der Waals surface area contributed by atoms with Crippen molar-refractivity contribution in [3.63, 3.8) is 0 Å². The Kier molecular flexibility index (Phi) is 2.78. The van der Waals surface area contributed by atoms with Gasteiger partial charge in [0.2, 0.25) is 0 Å². The first-order chi connectivity index (χ1) is 5.56. The zero-order valence-electron chi connectivity index (χ0n) is 6.97. The first kappa shape index (κ1) is 9.99. The summed E-state index contributed by atoms with van der Waals surface area (Å²) in [6.45, 7) is 1.13. The number of rotatable bonds is 2. The van der Waals surface area contributed by atoms with Crippen LogP contribution in [0, 0.1) is 5.41 Å². The van der Waals surface area contributed by atoms with Crippen LogP contribution in [0.3, 0.4) is 0 Å². The van der Waals surface area contributed by atoms with Gasteiger partial charge in [-0.2, -0.15) is 0 Å². The molecule has 5 heteroatoms. The third-order valence-electron chi connectivity index (χ3n) is 2.55. The average molecular weight is 172 g/mol. The van der Waals surface area contributed by atoms with Gasteiger partial charge in [0.25, 0.3) is 0 Å². The highest BCUT2D eigenvalue weighted by Gasteiger charge is 2.50. The van der Waals surface area contributed by atoms with Crippen molar-refractivity contribution in [1.82, 2.24) is 0 Å². The molecule has 0 aromatic carbocycles. The normalized spacial score (nSPS) is 48.2. The van der Waals surface area contributed by atoms with Crippen molar-refractivity contribution < 1.29 is 20.1 Å². The summed E-state index contributed by atoms with van der Waals surface area (Å²) in [6.07, 6.45) is -1.52. The van der Waals surface area contributed by atoms with E-state index in [-0.39, 0.29) is 13.2 Å². The van der Waals surface area contributed by atoms with Crippen LogP contribution in [-0.4, -0.2) is 54.6 Å². The van der Waals surface area contributed by atoms with E-state index in [4.69, 9.17) is 22.8 Å². The largest absolute Gasteiger partial charge is 0.396 e. The lowest BCUT2D eigenvalue weighted by atomic mass is 9.76. The molecule has 4 nitrogen and oxygen atoms in total. The second-order valence-electron chi connectivity index (χ2n) is 3.38. The van der Waals surface area contributed by atoms with Gasteiger partial charge >= 0.3 is 0 Å². The van der Waals surface area contributed by atoms with Crippen LogP contribution in [-0.2, 0) is 4.74 Å². The second-order valence-corrected chi connectivity index (χ2v) is 3.38. The summed E-state index contributed by atoms with van der Waals surface area (Å²) in [5, 5.41) is 27.4. The van der Waals surface area contributed by atoms with Crippen LogP contribution in [0.2, 0.25) is 0 Å². The number of ether oxygens (including phenoxy) is 1. The molecular formula is C7H13BO4. The smallest absolute Gasteiger partial charge is 0.112 e. The Bertz CT molecular complexity index is 165. The van der Waals surface area contributed by atoms with Crippen molar-refractivity contribution in [2.24, 2.45) is 5.41 Å². The number of aliphatic hydroxyl groups excluding tert-OH is 3. The van der Waals surface area contributed by atoms with E-state index in [1.54, 1.807) is 6.92 Å². The predicted molar refractivity (Wildman–Crippen MR) is 42.7 cm³/mol. The first-order valence-electron chi connectivity index (χ1n) is 3.87. The Hall–Kier alpha value is -0.0951. The molecule has 1 heterocycles. The fraction of sp³-hybridized carbons (Fsp3) is 1.00. The van der Waals surface area contributed by atoms with Gasteiger partial charge in [0, 0.05) is 11.4 Å². The number of aliphatic hydroxyl groups is 3. The van der Waals surface area contributed by atoms with Gasteiger partial charge in [-0.3, -0.25) is 0 Å². The molecule has 0 spiro atoms. The number of hydrogen-bond acceptors (Lipinski definition) is 4. The lowest BCUT2D eigenvalue weighted by molar-refractivity contribution is -0.0300. The molecule has 0 aromatic heterocycles. The monoisotopic (exact) mass is 172 g/mol. The van der Waals surface area contributed by atoms with Gasteiger partial charge in [0.15, 0.2) is 0 Å². The molecule has 0 saturated carbocycles. The minimum Gasteiger partial charge on any atom is -0.396 e. The third-order valence-corrected chi connectivity index (χ3v) is 2.55. The zero-order chi connectivity index (χ0) is 9.35. The lowest BCUT2D eigenvalue weighted by Gasteiger charge is -2.29. The van der Waals surface area contributed by atoms with Crippen LogP contribution < -0.4 is 0 Å². The van der Waals surface area contributed by atoms with E-state index in [1.807, 2.05) is 0 Å². The maximum atomic E-state index is 9.50. The van der Waals surface area contributed by atoms with Crippen molar-refractivity contribution in [3.8, 4) is 0 Å². The van der Waals surface area contributed by atoms with Crippen molar-refractivity contribution in [2.75, 3.05) is 13.2 Å². The highest BCUT2D eigenvalue weighted by Crippen LogP contribution is 2.36. The molecule has 2 unspecified atom stereocenters. The van der Waals surface area contributed by atoms with Gasteiger partial charge in [-0.15, -0.1) is 0 Å². The maximum Gasteiger partial charge on any atom is 0.112 e. The van der Waals surface area contributed by atoms with E-state index in [1.165, 1.54) is 0 Å². The van der Waals surface area contributed by atoms with Crippen LogP contribution in [0.4, 0.5) is 0 Å².